The second-order valence-corrected chi connectivity index (χ2v) is 8.80. The monoisotopic (exact) mass is 461 g/mol. The number of nitrogens with zero attached hydrogens (tertiary/aromatic N) is 2. The summed E-state index contributed by atoms with van der Waals surface area (Å²) >= 11 is 11.8. The quantitative estimate of drug-likeness (QED) is 0.419. The number of rotatable bonds is 7. The molecule has 3 rings (SSSR count). The Morgan fingerprint density at radius 2 is 1.57 bits per heavy atom. The van der Waals surface area contributed by atoms with Crippen LogP contribution in [0.25, 0.3) is 0 Å². The normalized spacial score (nSPS) is 11.4. The van der Waals surface area contributed by atoms with Crippen LogP contribution in [0.5, 0.6) is 0 Å². The van der Waals surface area contributed by atoms with Crippen molar-refractivity contribution in [1.82, 2.24) is 5.43 Å². The molecule has 30 heavy (non-hydrogen) atoms. The molecule has 0 atom stereocenters. The maximum Gasteiger partial charge on any atom is 0.264 e. The van der Waals surface area contributed by atoms with Gasteiger partial charge in [-0.25, -0.2) is 13.8 Å². The fourth-order valence-corrected chi connectivity index (χ4v) is 4.31. The number of carbonyl (C=O) groups excluding carboxylic acids is 1. The Morgan fingerprint density at radius 1 is 0.933 bits per heavy atom. The highest BCUT2D eigenvalue weighted by atomic mass is 35.5. The molecule has 0 aromatic heterocycles. The summed E-state index contributed by atoms with van der Waals surface area (Å²) in [6.07, 6.45) is 1.39. The Kier molecular flexibility index (Phi) is 7.10. The van der Waals surface area contributed by atoms with Gasteiger partial charge in [0, 0.05) is 0 Å². The number of halogens is 2. The molecule has 0 fully saturated rings. The van der Waals surface area contributed by atoms with Crippen molar-refractivity contribution in [2.24, 2.45) is 5.10 Å². The summed E-state index contributed by atoms with van der Waals surface area (Å²) in [6, 6.07) is 21.2. The molecule has 0 saturated carbocycles. The number of hydrazone groups is 1. The first-order valence-electron chi connectivity index (χ1n) is 8.78. The molecule has 0 aliphatic carbocycles. The molecule has 0 heterocycles. The molecule has 1 amide bonds. The number of nitrogens with one attached hydrogen (secondary N) is 1. The topological polar surface area (TPSA) is 78.8 Å². The number of para-hydroxylation sites is 1. The standard InChI is InChI=1S/C21H17Cl2N3O3S/c22-19-12-11-16(13-20(19)23)14-24-25-21(27)15-26(17-7-3-1-4-8-17)30(28,29)18-9-5-2-6-10-18/h1-14H,15H2,(H,25,27). The highest BCUT2D eigenvalue weighted by Gasteiger charge is 2.26. The molecule has 0 radical (unpaired) electrons. The molecule has 9 heteroatoms. The second kappa shape index (κ2) is 9.75. The minimum atomic E-state index is -3.95. The lowest BCUT2D eigenvalue weighted by molar-refractivity contribution is -0.119. The summed E-state index contributed by atoms with van der Waals surface area (Å²) in [5, 5.41) is 4.63. The molecule has 0 saturated heterocycles. The maximum atomic E-state index is 13.1. The van der Waals surface area contributed by atoms with E-state index in [1.54, 1.807) is 66.7 Å². The van der Waals surface area contributed by atoms with Crippen molar-refractivity contribution in [2.45, 2.75) is 4.90 Å². The third-order valence-corrected chi connectivity index (χ3v) is 6.54. The van der Waals surface area contributed by atoms with Crippen LogP contribution in [0.1, 0.15) is 5.56 Å². The Labute approximate surface area is 184 Å². The zero-order valence-electron chi connectivity index (χ0n) is 15.6. The Balaban J connectivity index is 1.79. The van der Waals surface area contributed by atoms with Crippen molar-refractivity contribution in [3.8, 4) is 0 Å². The van der Waals surface area contributed by atoms with Gasteiger partial charge >= 0.3 is 0 Å². The number of hydrogen-bond acceptors (Lipinski definition) is 4. The van der Waals surface area contributed by atoms with Gasteiger partial charge in [-0.15, -0.1) is 0 Å². The molecule has 6 nitrogen and oxygen atoms in total. The SMILES string of the molecule is O=C(CN(c1ccccc1)S(=O)(=O)c1ccccc1)NN=Cc1ccc(Cl)c(Cl)c1. The van der Waals surface area contributed by atoms with E-state index in [1.165, 1.54) is 18.3 Å². The Bertz CT molecular complexity index is 1150. The first-order valence-corrected chi connectivity index (χ1v) is 11.0. The number of sulfonamides is 1. The van der Waals surface area contributed by atoms with E-state index < -0.39 is 22.5 Å². The number of hydrogen-bond donors (Lipinski definition) is 1. The second-order valence-electron chi connectivity index (χ2n) is 6.13. The van der Waals surface area contributed by atoms with Crippen LogP contribution >= 0.6 is 23.2 Å². The van der Waals surface area contributed by atoms with Gasteiger partial charge in [0.1, 0.15) is 6.54 Å². The number of amides is 1. The summed E-state index contributed by atoms with van der Waals surface area (Å²) in [5.41, 5.74) is 3.33. The van der Waals surface area contributed by atoms with Gasteiger partial charge in [-0.05, 0) is 42.0 Å². The molecule has 3 aromatic carbocycles. The minimum absolute atomic E-state index is 0.0842. The number of anilines is 1. The molecule has 0 spiro atoms. The average molecular weight is 462 g/mol. The van der Waals surface area contributed by atoms with E-state index in [0.717, 1.165) is 4.31 Å². The van der Waals surface area contributed by atoms with Gasteiger partial charge in [0.05, 0.1) is 26.8 Å². The fourth-order valence-electron chi connectivity index (χ4n) is 2.57. The first kappa shape index (κ1) is 21.8. The lowest BCUT2D eigenvalue weighted by Gasteiger charge is -2.23. The van der Waals surface area contributed by atoms with Crippen LogP contribution < -0.4 is 9.73 Å². The van der Waals surface area contributed by atoms with Crippen molar-refractivity contribution in [1.29, 1.82) is 0 Å². The van der Waals surface area contributed by atoms with Crippen molar-refractivity contribution in [3.63, 3.8) is 0 Å². The van der Waals surface area contributed by atoms with Crippen LogP contribution in [0.15, 0.2) is 88.9 Å². The summed E-state index contributed by atoms with van der Waals surface area (Å²) in [7, 11) is -3.95. The number of carbonyl (C=O) groups is 1. The lowest BCUT2D eigenvalue weighted by atomic mass is 10.2. The molecule has 0 aliphatic heterocycles. The van der Waals surface area contributed by atoms with Crippen LogP contribution in [0, 0.1) is 0 Å². The Morgan fingerprint density at radius 3 is 2.20 bits per heavy atom. The van der Waals surface area contributed by atoms with Gasteiger partial charge in [-0.3, -0.25) is 9.10 Å². The molecular weight excluding hydrogens is 445 g/mol. The van der Waals surface area contributed by atoms with E-state index >= 15 is 0 Å². The molecular formula is C21H17Cl2N3O3S. The average Bonchev–Trinajstić information content (AvgIpc) is 2.75. The van der Waals surface area contributed by atoms with Crippen LogP contribution in [0.2, 0.25) is 10.0 Å². The fraction of sp³-hybridized carbons (Fsp3) is 0.0476. The van der Waals surface area contributed by atoms with E-state index in [2.05, 4.69) is 10.5 Å². The third kappa shape index (κ3) is 5.38. The highest BCUT2D eigenvalue weighted by molar-refractivity contribution is 7.92. The van der Waals surface area contributed by atoms with Crippen molar-refractivity contribution in [2.75, 3.05) is 10.8 Å². The molecule has 154 valence electrons. The molecule has 0 unspecified atom stereocenters. The van der Waals surface area contributed by atoms with Gasteiger partial charge in [0.2, 0.25) is 0 Å². The summed E-state index contributed by atoms with van der Waals surface area (Å²) < 4.78 is 27.3. The van der Waals surface area contributed by atoms with E-state index in [-0.39, 0.29) is 4.90 Å². The largest absolute Gasteiger partial charge is 0.271 e. The lowest BCUT2D eigenvalue weighted by Crippen LogP contribution is -2.39. The highest BCUT2D eigenvalue weighted by Crippen LogP contribution is 2.23. The maximum absolute atomic E-state index is 13.1. The smallest absolute Gasteiger partial charge is 0.264 e. The first-order chi connectivity index (χ1) is 14.4. The van der Waals surface area contributed by atoms with E-state index in [9.17, 15) is 13.2 Å². The molecule has 3 aromatic rings. The predicted molar refractivity (Wildman–Crippen MR) is 120 cm³/mol. The van der Waals surface area contributed by atoms with E-state index in [0.29, 0.717) is 21.3 Å². The van der Waals surface area contributed by atoms with Gasteiger partial charge in [-0.2, -0.15) is 5.10 Å². The van der Waals surface area contributed by atoms with E-state index in [1.807, 2.05) is 0 Å². The van der Waals surface area contributed by atoms with Crippen LogP contribution in [0.3, 0.4) is 0 Å². The van der Waals surface area contributed by atoms with Gasteiger partial charge in [0.15, 0.2) is 0 Å². The van der Waals surface area contributed by atoms with Crippen LogP contribution in [0.4, 0.5) is 5.69 Å². The van der Waals surface area contributed by atoms with Gasteiger partial charge in [0.25, 0.3) is 15.9 Å². The summed E-state index contributed by atoms with van der Waals surface area (Å²) in [5.74, 6) is -0.602. The summed E-state index contributed by atoms with van der Waals surface area (Å²) in [4.78, 5) is 12.5. The van der Waals surface area contributed by atoms with Crippen molar-refractivity contribution < 1.29 is 13.2 Å². The number of benzene rings is 3. The predicted octanol–water partition coefficient (Wildman–Crippen LogP) is 4.34. The Hall–Kier alpha value is -2.87. The van der Waals surface area contributed by atoms with Gasteiger partial charge in [-0.1, -0.05) is 65.7 Å². The third-order valence-electron chi connectivity index (χ3n) is 4.01. The van der Waals surface area contributed by atoms with Crippen molar-refractivity contribution in [3.05, 3.63) is 94.5 Å². The zero-order valence-corrected chi connectivity index (χ0v) is 17.9. The molecule has 0 bridgehead atoms. The van der Waals surface area contributed by atoms with Gasteiger partial charge < -0.3 is 0 Å². The van der Waals surface area contributed by atoms with Crippen molar-refractivity contribution >= 4 is 51.0 Å². The zero-order chi connectivity index (χ0) is 21.6. The minimum Gasteiger partial charge on any atom is -0.271 e. The van der Waals surface area contributed by atoms with Crippen LogP contribution in [-0.2, 0) is 14.8 Å². The van der Waals surface area contributed by atoms with E-state index in [4.69, 9.17) is 23.2 Å². The van der Waals surface area contributed by atoms with Crippen LogP contribution in [-0.4, -0.2) is 27.1 Å². The molecule has 1 N–H and O–H groups in total. The molecule has 0 aliphatic rings. The summed E-state index contributed by atoms with van der Waals surface area (Å²) in [6.45, 7) is -0.444.